The van der Waals surface area contributed by atoms with Crippen LogP contribution in [0.25, 0.3) is 0 Å². The summed E-state index contributed by atoms with van der Waals surface area (Å²) in [6.45, 7) is 7.44. The van der Waals surface area contributed by atoms with Gasteiger partial charge in [0.2, 0.25) is 10.0 Å². The maximum atomic E-state index is 12.3. The SMILES string of the molecule is COc1cc(C)c(C(C)C)cc1S(=O)(=O)NC[C@H](C)O. The van der Waals surface area contributed by atoms with Gasteiger partial charge in [0.1, 0.15) is 10.6 Å². The predicted molar refractivity (Wildman–Crippen MR) is 78.7 cm³/mol. The summed E-state index contributed by atoms with van der Waals surface area (Å²) in [7, 11) is -2.26. The fraction of sp³-hybridized carbons (Fsp3) is 0.571. The van der Waals surface area contributed by atoms with Gasteiger partial charge >= 0.3 is 0 Å². The molecule has 0 aromatic heterocycles. The van der Waals surface area contributed by atoms with Crippen LogP contribution in [0.2, 0.25) is 0 Å². The van der Waals surface area contributed by atoms with Crippen LogP contribution >= 0.6 is 0 Å². The normalized spacial score (nSPS) is 13.6. The van der Waals surface area contributed by atoms with Gasteiger partial charge in [-0.15, -0.1) is 0 Å². The molecule has 0 fully saturated rings. The van der Waals surface area contributed by atoms with Gasteiger partial charge in [0.25, 0.3) is 0 Å². The van der Waals surface area contributed by atoms with Gasteiger partial charge in [0.15, 0.2) is 0 Å². The largest absolute Gasteiger partial charge is 0.495 e. The first-order chi connectivity index (χ1) is 9.19. The molecule has 114 valence electrons. The Balaban J connectivity index is 3.31. The molecular formula is C14H23NO4S. The molecule has 6 heteroatoms. The second kappa shape index (κ2) is 6.56. The molecule has 0 saturated carbocycles. The molecule has 1 rings (SSSR count). The quantitative estimate of drug-likeness (QED) is 0.840. The van der Waals surface area contributed by atoms with Crippen LogP contribution in [0.1, 0.15) is 37.8 Å². The lowest BCUT2D eigenvalue weighted by molar-refractivity contribution is 0.198. The van der Waals surface area contributed by atoms with Crippen LogP contribution in [0.4, 0.5) is 0 Å². The Morgan fingerprint density at radius 3 is 2.35 bits per heavy atom. The van der Waals surface area contributed by atoms with E-state index in [4.69, 9.17) is 4.74 Å². The summed E-state index contributed by atoms with van der Waals surface area (Å²) in [6.07, 6.45) is -0.745. The Morgan fingerprint density at radius 2 is 1.90 bits per heavy atom. The average Bonchev–Trinajstić information content (AvgIpc) is 2.35. The molecule has 0 saturated heterocycles. The standard InChI is InChI=1S/C14H23NO4S/c1-9(2)12-7-14(13(19-5)6-10(12)3)20(17,18)15-8-11(4)16/h6-7,9,11,15-16H,8H2,1-5H3/t11-/m0/s1. The van der Waals surface area contributed by atoms with Gasteiger partial charge in [0.05, 0.1) is 13.2 Å². The second-order valence-corrected chi connectivity index (χ2v) is 6.95. The van der Waals surface area contributed by atoms with Gasteiger partial charge in [-0.05, 0) is 43.0 Å². The molecule has 1 atom stereocenters. The lowest BCUT2D eigenvalue weighted by Crippen LogP contribution is -2.31. The van der Waals surface area contributed by atoms with Crippen LogP contribution in [0.5, 0.6) is 5.75 Å². The molecule has 0 aliphatic carbocycles. The molecule has 1 aromatic rings. The highest BCUT2D eigenvalue weighted by molar-refractivity contribution is 7.89. The Hall–Kier alpha value is -1.11. The van der Waals surface area contributed by atoms with E-state index in [0.29, 0.717) is 5.75 Å². The number of methoxy groups -OCH3 is 1. The first-order valence-corrected chi connectivity index (χ1v) is 8.03. The Labute approximate surface area is 121 Å². The van der Waals surface area contributed by atoms with Gasteiger partial charge in [-0.1, -0.05) is 13.8 Å². The van der Waals surface area contributed by atoms with Crippen LogP contribution in [0.3, 0.4) is 0 Å². The molecule has 0 radical (unpaired) electrons. The summed E-state index contributed by atoms with van der Waals surface area (Å²) in [5.41, 5.74) is 1.95. The van der Waals surface area contributed by atoms with Gasteiger partial charge in [-0.3, -0.25) is 0 Å². The zero-order valence-electron chi connectivity index (χ0n) is 12.6. The molecule has 1 aromatic carbocycles. The molecule has 5 nitrogen and oxygen atoms in total. The highest BCUT2D eigenvalue weighted by atomic mass is 32.2. The topological polar surface area (TPSA) is 75.6 Å². The maximum absolute atomic E-state index is 12.3. The number of aryl methyl sites for hydroxylation is 1. The number of aliphatic hydroxyl groups excluding tert-OH is 1. The van der Waals surface area contributed by atoms with Crippen LogP contribution in [0, 0.1) is 6.92 Å². The van der Waals surface area contributed by atoms with Crippen molar-refractivity contribution in [3.8, 4) is 5.75 Å². The van der Waals surface area contributed by atoms with Crippen molar-refractivity contribution >= 4 is 10.0 Å². The van der Waals surface area contributed by atoms with Crippen molar-refractivity contribution in [2.45, 2.75) is 44.6 Å². The third-order valence-electron chi connectivity index (χ3n) is 3.03. The fourth-order valence-corrected chi connectivity index (χ4v) is 3.28. The molecule has 0 spiro atoms. The minimum absolute atomic E-state index is 0.0314. The number of hydrogen-bond donors (Lipinski definition) is 2. The third kappa shape index (κ3) is 3.94. The van der Waals surface area contributed by atoms with Crippen molar-refractivity contribution in [3.05, 3.63) is 23.3 Å². The van der Waals surface area contributed by atoms with Crippen LogP contribution in [-0.2, 0) is 10.0 Å². The lowest BCUT2D eigenvalue weighted by atomic mass is 9.98. The molecule has 0 aliphatic heterocycles. The molecule has 0 amide bonds. The van der Waals surface area contributed by atoms with E-state index in [1.807, 2.05) is 20.8 Å². The van der Waals surface area contributed by atoms with Gasteiger partial charge in [-0.25, -0.2) is 13.1 Å². The molecule has 0 heterocycles. The maximum Gasteiger partial charge on any atom is 0.244 e. The predicted octanol–water partition coefficient (Wildman–Crippen LogP) is 1.79. The van der Waals surface area contributed by atoms with Gasteiger partial charge in [-0.2, -0.15) is 0 Å². The van der Waals surface area contributed by atoms with Crippen LogP contribution < -0.4 is 9.46 Å². The zero-order valence-corrected chi connectivity index (χ0v) is 13.4. The average molecular weight is 301 g/mol. The first-order valence-electron chi connectivity index (χ1n) is 6.55. The van der Waals surface area contributed by atoms with Crippen LogP contribution in [0.15, 0.2) is 17.0 Å². The van der Waals surface area contributed by atoms with E-state index in [1.54, 1.807) is 12.1 Å². The smallest absolute Gasteiger partial charge is 0.244 e. The van der Waals surface area contributed by atoms with E-state index in [0.717, 1.165) is 11.1 Å². The molecule has 0 aliphatic rings. The third-order valence-corrected chi connectivity index (χ3v) is 4.48. The van der Waals surface area contributed by atoms with Crippen molar-refractivity contribution in [3.63, 3.8) is 0 Å². The number of rotatable bonds is 6. The fourth-order valence-electron chi connectivity index (χ4n) is 1.98. The summed E-state index contributed by atoms with van der Waals surface area (Å²) < 4.78 is 32.2. The molecule has 0 bridgehead atoms. The van der Waals surface area contributed by atoms with Gasteiger partial charge in [0, 0.05) is 6.54 Å². The van der Waals surface area contributed by atoms with E-state index in [2.05, 4.69) is 4.72 Å². The summed E-state index contributed by atoms with van der Waals surface area (Å²) in [5.74, 6) is 0.525. The molecular weight excluding hydrogens is 278 g/mol. The first kappa shape index (κ1) is 16.9. The van der Waals surface area contributed by atoms with E-state index in [1.165, 1.54) is 14.0 Å². The number of aliphatic hydroxyl groups is 1. The minimum atomic E-state index is -3.71. The van der Waals surface area contributed by atoms with E-state index >= 15 is 0 Å². The number of sulfonamides is 1. The van der Waals surface area contributed by atoms with Crippen molar-refractivity contribution < 1.29 is 18.3 Å². The zero-order chi connectivity index (χ0) is 15.5. The monoisotopic (exact) mass is 301 g/mol. The van der Waals surface area contributed by atoms with E-state index in [-0.39, 0.29) is 17.4 Å². The highest BCUT2D eigenvalue weighted by Crippen LogP contribution is 2.30. The summed E-state index contributed by atoms with van der Waals surface area (Å²) >= 11 is 0. The summed E-state index contributed by atoms with van der Waals surface area (Å²) in [4.78, 5) is 0.106. The highest BCUT2D eigenvalue weighted by Gasteiger charge is 2.22. The number of ether oxygens (including phenoxy) is 1. The molecule has 2 N–H and O–H groups in total. The van der Waals surface area contributed by atoms with E-state index in [9.17, 15) is 13.5 Å². The molecule has 20 heavy (non-hydrogen) atoms. The Morgan fingerprint density at radius 1 is 1.30 bits per heavy atom. The van der Waals surface area contributed by atoms with Crippen molar-refractivity contribution in [1.82, 2.24) is 4.72 Å². The van der Waals surface area contributed by atoms with Crippen molar-refractivity contribution in [1.29, 1.82) is 0 Å². The Bertz CT molecular complexity index is 565. The number of benzene rings is 1. The lowest BCUT2D eigenvalue weighted by Gasteiger charge is -2.17. The van der Waals surface area contributed by atoms with Crippen molar-refractivity contribution in [2.24, 2.45) is 0 Å². The molecule has 0 unspecified atom stereocenters. The minimum Gasteiger partial charge on any atom is -0.495 e. The summed E-state index contributed by atoms with van der Waals surface area (Å²) in [5, 5.41) is 9.22. The Kier molecular flexibility index (Phi) is 5.56. The van der Waals surface area contributed by atoms with Crippen molar-refractivity contribution in [2.75, 3.05) is 13.7 Å². The number of nitrogens with one attached hydrogen (secondary N) is 1. The summed E-state index contributed by atoms with van der Waals surface area (Å²) in [6, 6.07) is 3.37. The van der Waals surface area contributed by atoms with E-state index < -0.39 is 16.1 Å². The second-order valence-electron chi connectivity index (χ2n) is 5.22. The van der Waals surface area contributed by atoms with Crippen LogP contribution in [-0.4, -0.2) is 33.3 Å². The number of hydrogen-bond acceptors (Lipinski definition) is 4. The van der Waals surface area contributed by atoms with Gasteiger partial charge < -0.3 is 9.84 Å².